The minimum absolute atomic E-state index is 0.140. The van der Waals surface area contributed by atoms with E-state index < -0.39 is 55.3 Å². The van der Waals surface area contributed by atoms with Gasteiger partial charge in [-0.05, 0) is 11.1 Å². The van der Waals surface area contributed by atoms with Gasteiger partial charge in [-0.25, -0.2) is 4.57 Å². The molecule has 0 bridgehead atoms. The fourth-order valence-electron chi connectivity index (χ4n) is 3.49. The van der Waals surface area contributed by atoms with Gasteiger partial charge in [0.25, 0.3) is 0 Å². The Morgan fingerprint density at radius 1 is 0.737 bits per heavy atom. The van der Waals surface area contributed by atoms with E-state index in [1.54, 1.807) is 48.5 Å². The molecule has 1 fully saturated rings. The van der Waals surface area contributed by atoms with Crippen LogP contribution in [0.15, 0.2) is 60.7 Å². The number of benzene rings is 2. The lowest BCUT2D eigenvalue weighted by atomic mass is 10.0. The van der Waals surface area contributed by atoms with Crippen molar-refractivity contribution < 1.29 is 51.5 Å². The van der Waals surface area contributed by atoms with Gasteiger partial charge in [0.15, 0.2) is 23.3 Å². The summed E-state index contributed by atoms with van der Waals surface area (Å²) in [4.78, 5) is 35.6. The summed E-state index contributed by atoms with van der Waals surface area (Å²) in [6.07, 6.45) is -5.71. The first-order chi connectivity index (χ1) is 18.1. The van der Waals surface area contributed by atoms with Crippen LogP contribution >= 0.6 is 23.8 Å². The predicted octanol–water partition coefficient (Wildman–Crippen LogP) is 4.42. The summed E-state index contributed by atoms with van der Waals surface area (Å²) in [5.41, 5.74) is 1.37. The van der Waals surface area contributed by atoms with E-state index in [4.69, 9.17) is 32.5 Å². The molecule has 0 radical (unpaired) electrons. The summed E-state index contributed by atoms with van der Waals surface area (Å²) < 4.78 is 52.5. The van der Waals surface area contributed by atoms with Crippen LogP contribution in [0.25, 0.3) is 0 Å². The summed E-state index contributed by atoms with van der Waals surface area (Å²) in [5.74, 6) is -2.25. The molecule has 0 aromatic heterocycles. The SMILES string of the molecule is CC(=O)OC1[C@H](Br)OC(OP(=O)(OCc2ccccc2)OCc2ccccc2)[C@H](OC(C)=O)[C@@H]1OC(C)=O. The number of phosphoric acid groups is 1. The highest BCUT2D eigenvalue weighted by atomic mass is 79.9. The van der Waals surface area contributed by atoms with Crippen molar-refractivity contribution in [1.29, 1.82) is 0 Å². The number of carbonyl (C=O) groups excluding carboxylic acids is 3. The molecule has 38 heavy (non-hydrogen) atoms. The Morgan fingerprint density at radius 2 is 1.16 bits per heavy atom. The van der Waals surface area contributed by atoms with Crippen LogP contribution in [-0.4, -0.2) is 47.5 Å². The molecule has 206 valence electrons. The third-order valence-electron chi connectivity index (χ3n) is 5.04. The second kappa shape index (κ2) is 14.0. The van der Waals surface area contributed by atoms with Gasteiger partial charge in [-0.2, -0.15) is 0 Å². The number of hydrogen-bond donors (Lipinski definition) is 0. The standard InChI is InChI=1S/C25H28BrO11P/c1-16(27)33-21-22(34-17(2)28)24(26)36-25(23(21)35-18(3)29)37-38(30,31-14-19-10-6-4-7-11-19)32-15-20-12-8-5-9-13-20/h4-13,21-25H,14-15H2,1-3H3/t21-,22?,23-,24-,25?/m1/s1. The van der Waals surface area contributed by atoms with E-state index in [1.807, 2.05) is 12.1 Å². The van der Waals surface area contributed by atoms with Gasteiger partial charge in [-0.1, -0.05) is 76.6 Å². The number of ether oxygens (including phenoxy) is 4. The molecule has 2 aromatic carbocycles. The van der Waals surface area contributed by atoms with Crippen molar-refractivity contribution >= 4 is 41.7 Å². The predicted molar refractivity (Wildman–Crippen MR) is 135 cm³/mol. The second-order valence-electron chi connectivity index (χ2n) is 8.15. The Hall–Kier alpha value is -2.60. The highest BCUT2D eigenvalue weighted by Crippen LogP contribution is 2.54. The molecule has 5 atom stereocenters. The summed E-state index contributed by atoms with van der Waals surface area (Å²) in [7, 11) is -4.42. The molecule has 11 nitrogen and oxygen atoms in total. The third-order valence-corrected chi connectivity index (χ3v) is 7.14. The molecule has 0 aliphatic carbocycles. The monoisotopic (exact) mass is 614 g/mol. The molecular formula is C25H28BrO11P. The summed E-state index contributed by atoms with van der Waals surface area (Å²) in [5, 5.41) is -1.11. The second-order valence-corrected chi connectivity index (χ2v) is 10.7. The van der Waals surface area contributed by atoms with Crippen molar-refractivity contribution in [1.82, 2.24) is 0 Å². The van der Waals surface area contributed by atoms with Crippen LogP contribution in [0.3, 0.4) is 0 Å². The molecule has 2 unspecified atom stereocenters. The zero-order chi connectivity index (χ0) is 27.7. The van der Waals surface area contributed by atoms with Gasteiger partial charge < -0.3 is 18.9 Å². The lowest BCUT2D eigenvalue weighted by Gasteiger charge is -2.42. The maximum absolute atomic E-state index is 13.9. The lowest BCUT2D eigenvalue weighted by molar-refractivity contribution is -0.269. The normalized spacial score (nSPS) is 23.3. The molecule has 3 rings (SSSR count). The van der Waals surface area contributed by atoms with Crippen LogP contribution in [0.5, 0.6) is 0 Å². The Morgan fingerprint density at radius 3 is 1.61 bits per heavy atom. The maximum Gasteiger partial charge on any atom is 0.477 e. The van der Waals surface area contributed by atoms with E-state index in [0.29, 0.717) is 11.1 Å². The fourth-order valence-corrected chi connectivity index (χ4v) is 5.35. The zero-order valence-electron chi connectivity index (χ0n) is 20.9. The number of esters is 3. The van der Waals surface area contributed by atoms with E-state index in [2.05, 4.69) is 15.9 Å². The molecular weight excluding hydrogens is 587 g/mol. The first-order valence-corrected chi connectivity index (χ1v) is 13.9. The van der Waals surface area contributed by atoms with Gasteiger partial charge in [0.1, 0.15) is 0 Å². The van der Waals surface area contributed by atoms with E-state index in [1.165, 1.54) is 0 Å². The minimum Gasteiger partial charge on any atom is -0.455 e. The number of hydrogen-bond acceptors (Lipinski definition) is 11. The highest BCUT2D eigenvalue weighted by molar-refractivity contribution is 9.09. The van der Waals surface area contributed by atoms with Gasteiger partial charge in [0.2, 0.25) is 6.29 Å². The smallest absolute Gasteiger partial charge is 0.455 e. The average molecular weight is 615 g/mol. The van der Waals surface area contributed by atoms with Crippen molar-refractivity contribution in [2.24, 2.45) is 0 Å². The molecule has 0 amide bonds. The molecule has 2 aromatic rings. The van der Waals surface area contributed by atoms with Gasteiger partial charge >= 0.3 is 25.7 Å². The number of rotatable bonds is 11. The van der Waals surface area contributed by atoms with E-state index in [0.717, 1.165) is 20.8 Å². The van der Waals surface area contributed by atoms with Crippen LogP contribution < -0.4 is 0 Å². The Bertz CT molecular complexity index is 1080. The number of phosphoric ester groups is 1. The zero-order valence-corrected chi connectivity index (χ0v) is 23.4. The molecule has 1 saturated heterocycles. The Kier molecular flexibility index (Phi) is 11.0. The van der Waals surface area contributed by atoms with E-state index in [-0.39, 0.29) is 13.2 Å². The van der Waals surface area contributed by atoms with Crippen LogP contribution in [0.1, 0.15) is 31.9 Å². The van der Waals surface area contributed by atoms with E-state index in [9.17, 15) is 18.9 Å². The molecule has 1 heterocycles. The van der Waals surface area contributed by atoms with Gasteiger partial charge in [-0.15, -0.1) is 0 Å². The molecule has 0 N–H and O–H groups in total. The summed E-state index contributed by atoms with van der Waals surface area (Å²) in [6, 6.07) is 17.8. The first kappa shape index (κ1) is 29.9. The van der Waals surface area contributed by atoms with Crippen molar-refractivity contribution in [2.45, 2.75) is 63.6 Å². The number of halogens is 1. The van der Waals surface area contributed by atoms with Crippen LogP contribution in [0, 0.1) is 0 Å². The van der Waals surface area contributed by atoms with Crippen molar-refractivity contribution in [2.75, 3.05) is 0 Å². The van der Waals surface area contributed by atoms with Gasteiger partial charge in [0, 0.05) is 20.8 Å². The summed E-state index contributed by atoms with van der Waals surface area (Å²) >= 11 is 3.22. The quantitative estimate of drug-likeness (QED) is 0.154. The van der Waals surface area contributed by atoms with Crippen LogP contribution in [0.2, 0.25) is 0 Å². The third kappa shape index (κ3) is 9.00. The van der Waals surface area contributed by atoms with Gasteiger partial charge in [-0.3, -0.25) is 28.0 Å². The first-order valence-electron chi connectivity index (χ1n) is 11.5. The summed E-state index contributed by atoms with van der Waals surface area (Å²) in [6.45, 7) is 3.11. The Balaban J connectivity index is 1.90. The van der Waals surface area contributed by atoms with Crippen LogP contribution in [-0.2, 0) is 64.7 Å². The number of carbonyl (C=O) groups is 3. The molecule has 1 aliphatic heterocycles. The molecule has 0 spiro atoms. The molecule has 1 aliphatic rings. The Labute approximate surface area is 228 Å². The molecule has 13 heteroatoms. The van der Waals surface area contributed by atoms with Crippen LogP contribution in [0.4, 0.5) is 0 Å². The lowest BCUT2D eigenvalue weighted by Crippen LogP contribution is -2.60. The van der Waals surface area contributed by atoms with Crippen molar-refractivity contribution in [3.05, 3.63) is 71.8 Å². The average Bonchev–Trinajstić information content (AvgIpc) is 2.87. The topological polar surface area (TPSA) is 133 Å². The van der Waals surface area contributed by atoms with E-state index >= 15 is 0 Å². The largest absolute Gasteiger partial charge is 0.477 e. The molecule has 0 saturated carbocycles. The van der Waals surface area contributed by atoms with Crippen molar-refractivity contribution in [3.63, 3.8) is 0 Å². The fraction of sp³-hybridized carbons (Fsp3) is 0.400. The highest BCUT2D eigenvalue weighted by Gasteiger charge is 2.54. The number of alkyl halides is 1. The maximum atomic E-state index is 13.9. The van der Waals surface area contributed by atoms with Gasteiger partial charge in [0.05, 0.1) is 13.2 Å². The minimum atomic E-state index is -4.42. The van der Waals surface area contributed by atoms with Crippen molar-refractivity contribution in [3.8, 4) is 0 Å².